The van der Waals surface area contributed by atoms with Crippen molar-refractivity contribution in [2.45, 2.75) is 38.4 Å². The highest BCUT2D eigenvalue weighted by Gasteiger charge is 2.46. The number of carboxylic acids is 2. The molecule has 2 N–H and O–H groups in total. The lowest BCUT2D eigenvalue weighted by Gasteiger charge is -2.35. The van der Waals surface area contributed by atoms with Gasteiger partial charge in [-0.3, -0.25) is 0 Å². The average Bonchev–Trinajstić information content (AvgIpc) is 3.22. The Morgan fingerprint density at radius 1 is 1.03 bits per heavy atom. The SMILES string of the molecule is CC(C)(C)OC(Cc1ccc(-c2ccccc2C(=O)O)cc1)(C(=O)O)c1cscn1. The molecule has 0 bridgehead atoms. The molecule has 0 radical (unpaired) electrons. The maximum Gasteiger partial charge on any atom is 0.342 e. The van der Waals surface area contributed by atoms with Crippen molar-refractivity contribution in [3.63, 3.8) is 0 Å². The first-order valence-corrected chi connectivity index (χ1v) is 10.3. The van der Waals surface area contributed by atoms with Crippen LogP contribution in [0.1, 0.15) is 42.4 Å². The lowest BCUT2D eigenvalue weighted by molar-refractivity contribution is -0.188. The first kappa shape index (κ1) is 21.7. The van der Waals surface area contributed by atoms with Crippen LogP contribution in [-0.2, 0) is 21.6 Å². The molecule has 3 aromatic rings. The van der Waals surface area contributed by atoms with E-state index in [0.29, 0.717) is 11.3 Å². The predicted molar refractivity (Wildman–Crippen MR) is 115 cm³/mol. The van der Waals surface area contributed by atoms with Crippen LogP contribution in [0.2, 0.25) is 0 Å². The topological polar surface area (TPSA) is 96.7 Å². The Morgan fingerprint density at radius 3 is 2.23 bits per heavy atom. The quantitative estimate of drug-likeness (QED) is 0.562. The summed E-state index contributed by atoms with van der Waals surface area (Å²) in [5, 5.41) is 21.2. The Kier molecular flexibility index (Phi) is 6.05. The van der Waals surface area contributed by atoms with Gasteiger partial charge < -0.3 is 14.9 Å². The molecule has 0 spiro atoms. The highest BCUT2D eigenvalue weighted by molar-refractivity contribution is 7.07. The fourth-order valence-electron chi connectivity index (χ4n) is 3.35. The van der Waals surface area contributed by atoms with Gasteiger partial charge in [0.2, 0.25) is 5.60 Å². The van der Waals surface area contributed by atoms with E-state index in [-0.39, 0.29) is 12.0 Å². The molecule has 1 atom stereocenters. The van der Waals surface area contributed by atoms with Crippen molar-refractivity contribution in [3.05, 3.63) is 76.2 Å². The second-order valence-corrected chi connectivity index (χ2v) is 8.66. The Morgan fingerprint density at radius 2 is 1.70 bits per heavy atom. The number of rotatable bonds is 7. The minimum absolute atomic E-state index is 0.0875. The Hall–Kier alpha value is -3.03. The van der Waals surface area contributed by atoms with E-state index >= 15 is 0 Å². The molecule has 0 aliphatic heterocycles. The monoisotopic (exact) mass is 425 g/mol. The van der Waals surface area contributed by atoms with Crippen LogP contribution in [0.15, 0.2) is 59.4 Å². The van der Waals surface area contributed by atoms with Crippen molar-refractivity contribution in [3.8, 4) is 11.1 Å². The van der Waals surface area contributed by atoms with Crippen LogP contribution >= 0.6 is 11.3 Å². The third kappa shape index (κ3) is 4.58. The van der Waals surface area contributed by atoms with E-state index in [9.17, 15) is 19.8 Å². The summed E-state index contributed by atoms with van der Waals surface area (Å²) in [6.07, 6.45) is 0.0875. The molecule has 2 aromatic carbocycles. The zero-order chi connectivity index (χ0) is 21.9. The van der Waals surface area contributed by atoms with Gasteiger partial charge in [0.15, 0.2) is 0 Å². The molecule has 1 unspecified atom stereocenters. The molecule has 3 rings (SSSR count). The Labute approximate surface area is 178 Å². The number of carbonyl (C=O) groups is 2. The molecule has 6 nitrogen and oxygen atoms in total. The van der Waals surface area contributed by atoms with Gasteiger partial charge in [0, 0.05) is 11.8 Å². The summed E-state index contributed by atoms with van der Waals surface area (Å²) < 4.78 is 6.07. The van der Waals surface area contributed by atoms with Gasteiger partial charge in [-0.15, -0.1) is 11.3 Å². The summed E-state index contributed by atoms with van der Waals surface area (Å²) in [5.41, 5.74) is 1.91. The van der Waals surface area contributed by atoms with Gasteiger partial charge >= 0.3 is 11.9 Å². The number of hydrogen-bond acceptors (Lipinski definition) is 5. The van der Waals surface area contributed by atoms with E-state index in [1.54, 1.807) is 59.4 Å². The van der Waals surface area contributed by atoms with Crippen LogP contribution in [0, 0.1) is 0 Å². The smallest absolute Gasteiger partial charge is 0.342 e. The fourth-order valence-corrected chi connectivity index (χ4v) is 3.97. The minimum atomic E-state index is -1.63. The molecule has 30 heavy (non-hydrogen) atoms. The molecule has 0 aliphatic rings. The van der Waals surface area contributed by atoms with Crippen LogP contribution in [-0.4, -0.2) is 32.7 Å². The molecule has 0 saturated heterocycles. The van der Waals surface area contributed by atoms with Crippen molar-refractivity contribution >= 4 is 23.3 Å². The minimum Gasteiger partial charge on any atom is -0.479 e. The first-order chi connectivity index (χ1) is 14.1. The molecule has 156 valence electrons. The molecule has 0 saturated carbocycles. The summed E-state index contributed by atoms with van der Waals surface area (Å²) in [5.74, 6) is -2.11. The van der Waals surface area contributed by atoms with Crippen molar-refractivity contribution in [1.82, 2.24) is 4.98 Å². The molecule has 0 aliphatic carbocycles. The second kappa shape index (κ2) is 8.38. The molecule has 1 aromatic heterocycles. The third-order valence-corrected chi connectivity index (χ3v) is 5.13. The van der Waals surface area contributed by atoms with Gasteiger partial charge in [-0.1, -0.05) is 42.5 Å². The van der Waals surface area contributed by atoms with Crippen LogP contribution in [0.4, 0.5) is 0 Å². The maximum atomic E-state index is 12.4. The fraction of sp³-hybridized carbons (Fsp3) is 0.261. The second-order valence-electron chi connectivity index (χ2n) is 7.94. The summed E-state index contributed by atoms with van der Waals surface area (Å²) in [6.45, 7) is 5.43. The Balaban J connectivity index is 1.99. The van der Waals surface area contributed by atoms with E-state index in [2.05, 4.69) is 4.98 Å². The largest absolute Gasteiger partial charge is 0.479 e. The highest BCUT2D eigenvalue weighted by atomic mass is 32.1. The van der Waals surface area contributed by atoms with Gasteiger partial charge in [0.1, 0.15) is 0 Å². The molecule has 1 heterocycles. The van der Waals surface area contributed by atoms with Gasteiger partial charge in [0.05, 0.1) is 22.4 Å². The first-order valence-electron chi connectivity index (χ1n) is 9.36. The number of aromatic nitrogens is 1. The Bertz CT molecular complexity index is 1040. The zero-order valence-electron chi connectivity index (χ0n) is 17.0. The number of benzene rings is 2. The highest BCUT2D eigenvalue weighted by Crippen LogP contribution is 2.35. The van der Waals surface area contributed by atoms with Crippen molar-refractivity contribution in [1.29, 1.82) is 0 Å². The molecule has 0 amide bonds. The lowest BCUT2D eigenvalue weighted by atomic mass is 9.89. The number of aliphatic carboxylic acids is 1. The molecular weight excluding hydrogens is 402 g/mol. The summed E-state index contributed by atoms with van der Waals surface area (Å²) in [6, 6.07) is 13.9. The van der Waals surface area contributed by atoms with E-state index in [1.807, 2.05) is 20.8 Å². The average molecular weight is 426 g/mol. The van der Waals surface area contributed by atoms with Crippen LogP contribution < -0.4 is 0 Å². The van der Waals surface area contributed by atoms with E-state index < -0.39 is 23.1 Å². The van der Waals surface area contributed by atoms with Crippen LogP contribution in [0.25, 0.3) is 11.1 Å². The summed E-state index contributed by atoms with van der Waals surface area (Å²) in [7, 11) is 0. The molecular formula is C23H23NO5S. The van der Waals surface area contributed by atoms with E-state index in [1.165, 1.54) is 11.3 Å². The number of aromatic carboxylic acids is 1. The number of carboxylic acid groups (broad SMARTS) is 2. The van der Waals surface area contributed by atoms with Gasteiger partial charge in [-0.25, -0.2) is 14.6 Å². The molecule has 7 heteroatoms. The van der Waals surface area contributed by atoms with E-state index in [0.717, 1.165) is 11.1 Å². The lowest BCUT2D eigenvalue weighted by Crippen LogP contribution is -2.46. The number of hydrogen-bond donors (Lipinski definition) is 2. The number of thiazole rings is 1. The number of nitrogens with zero attached hydrogens (tertiary/aromatic N) is 1. The zero-order valence-corrected chi connectivity index (χ0v) is 17.8. The van der Waals surface area contributed by atoms with Crippen molar-refractivity contribution < 1.29 is 24.5 Å². The normalized spacial score (nSPS) is 13.6. The van der Waals surface area contributed by atoms with Gasteiger partial charge in [-0.2, -0.15) is 0 Å². The van der Waals surface area contributed by atoms with Crippen molar-refractivity contribution in [2.75, 3.05) is 0 Å². The molecule has 0 fully saturated rings. The standard InChI is InChI=1S/C23H23NO5S/c1-22(2,3)29-23(21(27)28,19-13-30-14-24-19)12-15-8-10-16(11-9-15)17-6-4-5-7-18(17)20(25)26/h4-11,13-14H,12H2,1-3H3,(H,25,26)(H,27,28). The predicted octanol–water partition coefficient (Wildman–Crippen LogP) is 4.85. The van der Waals surface area contributed by atoms with Crippen LogP contribution in [0.5, 0.6) is 0 Å². The van der Waals surface area contributed by atoms with Gasteiger partial charge in [0.25, 0.3) is 0 Å². The maximum absolute atomic E-state index is 12.4. The third-order valence-electron chi connectivity index (χ3n) is 4.55. The summed E-state index contributed by atoms with van der Waals surface area (Å²) in [4.78, 5) is 28.1. The summed E-state index contributed by atoms with van der Waals surface area (Å²) >= 11 is 1.31. The van der Waals surface area contributed by atoms with Gasteiger partial charge in [-0.05, 0) is 43.5 Å². The van der Waals surface area contributed by atoms with E-state index in [4.69, 9.17) is 4.74 Å². The number of ether oxygens (including phenoxy) is 1. The van der Waals surface area contributed by atoms with Crippen LogP contribution in [0.3, 0.4) is 0 Å². The van der Waals surface area contributed by atoms with Crippen molar-refractivity contribution in [2.24, 2.45) is 0 Å².